The Balaban J connectivity index is 1.17. The molecule has 2 amide bonds. The number of ether oxygens (including phenoxy) is 3. The molecular formula is C26H24FN3O6. The van der Waals surface area contributed by atoms with Gasteiger partial charge in [-0.15, -0.1) is 0 Å². The van der Waals surface area contributed by atoms with Gasteiger partial charge in [0.05, 0.1) is 0 Å². The normalized spacial score (nSPS) is 18.4. The zero-order valence-electron chi connectivity index (χ0n) is 19.2. The second-order valence-corrected chi connectivity index (χ2v) is 8.60. The third-order valence-corrected chi connectivity index (χ3v) is 6.19. The molecule has 1 fully saturated rings. The summed E-state index contributed by atoms with van der Waals surface area (Å²) in [4.78, 5) is 29.7. The van der Waals surface area contributed by atoms with Crippen LogP contribution in [0.5, 0.6) is 28.9 Å². The van der Waals surface area contributed by atoms with Crippen molar-refractivity contribution in [2.24, 2.45) is 0 Å². The zero-order valence-corrected chi connectivity index (χ0v) is 19.2. The Morgan fingerprint density at radius 2 is 1.67 bits per heavy atom. The van der Waals surface area contributed by atoms with E-state index in [4.69, 9.17) is 14.2 Å². The molecule has 0 radical (unpaired) electrons. The molecule has 10 heteroatoms. The Morgan fingerprint density at radius 3 is 2.42 bits per heavy atom. The second-order valence-electron chi connectivity index (χ2n) is 8.60. The van der Waals surface area contributed by atoms with Crippen LogP contribution in [0, 0.1) is 5.82 Å². The van der Waals surface area contributed by atoms with E-state index in [2.05, 4.69) is 15.6 Å². The summed E-state index contributed by atoms with van der Waals surface area (Å²) in [5.41, 5.74) is -0.0693. The molecule has 2 heterocycles. The van der Waals surface area contributed by atoms with Crippen LogP contribution in [0.15, 0.2) is 54.7 Å². The summed E-state index contributed by atoms with van der Waals surface area (Å²) in [7, 11) is 0. The summed E-state index contributed by atoms with van der Waals surface area (Å²) in [5.74, 6) is -0.334. The number of aromatic hydroxyl groups is 1. The number of carbonyl (C=O) groups excluding carboxylic acids is 2. The first kappa shape index (κ1) is 23.4. The summed E-state index contributed by atoms with van der Waals surface area (Å²) < 4.78 is 30.5. The Kier molecular flexibility index (Phi) is 6.57. The van der Waals surface area contributed by atoms with Crippen LogP contribution >= 0.6 is 0 Å². The molecule has 0 bridgehead atoms. The minimum atomic E-state index is -0.774. The van der Waals surface area contributed by atoms with E-state index in [1.165, 1.54) is 12.1 Å². The van der Waals surface area contributed by atoms with Crippen molar-refractivity contribution >= 4 is 11.8 Å². The lowest BCUT2D eigenvalue weighted by Gasteiger charge is -2.29. The number of halogens is 1. The van der Waals surface area contributed by atoms with Crippen molar-refractivity contribution in [2.45, 2.75) is 37.8 Å². The second kappa shape index (κ2) is 10.1. The van der Waals surface area contributed by atoms with Crippen LogP contribution in [-0.2, 0) is 0 Å². The molecule has 5 rings (SSSR count). The largest absolute Gasteiger partial charge is 0.507 e. The average Bonchev–Trinajstić information content (AvgIpc) is 3.33. The first-order chi connectivity index (χ1) is 17.5. The number of aromatic nitrogens is 1. The highest BCUT2D eigenvalue weighted by Crippen LogP contribution is 2.36. The van der Waals surface area contributed by atoms with E-state index in [1.807, 2.05) is 0 Å². The molecule has 1 aliphatic heterocycles. The van der Waals surface area contributed by atoms with Gasteiger partial charge in [-0.1, -0.05) is 6.07 Å². The predicted octanol–water partition coefficient (Wildman–Crippen LogP) is 3.92. The van der Waals surface area contributed by atoms with Crippen LogP contribution < -0.4 is 24.8 Å². The summed E-state index contributed by atoms with van der Waals surface area (Å²) >= 11 is 0. The third-order valence-electron chi connectivity index (χ3n) is 6.19. The van der Waals surface area contributed by atoms with Gasteiger partial charge in [0.25, 0.3) is 11.8 Å². The van der Waals surface area contributed by atoms with Gasteiger partial charge in [-0.3, -0.25) is 9.59 Å². The summed E-state index contributed by atoms with van der Waals surface area (Å²) in [6, 6.07) is 11.9. The summed E-state index contributed by atoms with van der Waals surface area (Å²) in [6.07, 6.45) is 3.98. The Morgan fingerprint density at radius 1 is 0.944 bits per heavy atom. The Labute approximate surface area is 206 Å². The van der Waals surface area contributed by atoms with Crippen molar-refractivity contribution in [1.82, 2.24) is 15.6 Å². The molecule has 1 aromatic heterocycles. The number of phenols is 1. The van der Waals surface area contributed by atoms with Crippen molar-refractivity contribution in [1.29, 1.82) is 0 Å². The van der Waals surface area contributed by atoms with Gasteiger partial charge in [0, 0.05) is 24.3 Å². The topological polar surface area (TPSA) is 119 Å². The van der Waals surface area contributed by atoms with Crippen LogP contribution in [0.4, 0.5) is 4.39 Å². The van der Waals surface area contributed by atoms with E-state index >= 15 is 0 Å². The maximum atomic E-state index is 14.0. The molecule has 0 spiro atoms. The molecule has 3 N–H and O–H groups in total. The van der Waals surface area contributed by atoms with Crippen molar-refractivity contribution in [3.8, 4) is 28.9 Å². The van der Waals surface area contributed by atoms with Crippen molar-refractivity contribution in [2.75, 3.05) is 6.79 Å². The molecule has 0 unspecified atom stereocenters. The van der Waals surface area contributed by atoms with Gasteiger partial charge < -0.3 is 30.0 Å². The Bertz CT molecular complexity index is 1270. The quantitative estimate of drug-likeness (QED) is 0.476. The molecule has 2 aromatic carbocycles. The van der Waals surface area contributed by atoms with E-state index in [1.54, 1.807) is 36.5 Å². The minimum Gasteiger partial charge on any atom is -0.507 e. The van der Waals surface area contributed by atoms with E-state index < -0.39 is 17.5 Å². The number of phenolic OH excluding ortho intramolecular Hbond substituents is 1. The number of hydrogen-bond donors (Lipinski definition) is 3. The maximum absolute atomic E-state index is 14.0. The number of pyridine rings is 1. The number of amides is 2. The van der Waals surface area contributed by atoms with Gasteiger partial charge in [-0.2, -0.15) is 0 Å². The van der Waals surface area contributed by atoms with Gasteiger partial charge in [0.15, 0.2) is 11.5 Å². The number of rotatable bonds is 6. The first-order valence-corrected chi connectivity index (χ1v) is 11.6. The zero-order chi connectivity index (χ0) is 25.1. The van der Waals surface area contributed by atoms with Gasteiger partial charge in [0.1, 0.15) is 28.4 Å². The standard InChI is InChI=1S/C26H24FN3O6/c27-19-4-1-5-20(31)23(19)25(33)30-16-8-6-15(7-9-16)29-24(32)18-3-2-12-28-26(18)36-17-10-11-21-22(13-17)35-14-34-21/h1-5,10-13,15-16,31H,6-9,14H2,(H,29,32)(H,30,33). The fraction of sp³-hybridized carbons (Fsp3) is 0.269. The van der Waals surface area contributed by atoms with Gasteiger partial charge in [-0.05, 0) is 62.1 Å². The van der Waals surface area contributed by atoms with Crippen molar-refractivity contribution in [3.05, 3.63) is 71.7 Å². The molecule has 36 heavy (non-hydrogen) atoms. The third kappa shape index (κ3) is 5.02. The molecular weight excluding hydrogens is 469 g/mol. The lowest BCUT2D eigenvalue weighted by Crippen LogP contribution is -2.44. The molecule has 0 atom stereocenters. The minimum absolute atomic E-state index is 0.105. The number of carbonyl (C=O) groups is 2. The lowest BCUT2D eigenvalue weighted by molar-refractivity contribution is 0.0886. The molecule has 0 saturated heterocycles. The highest BCUT2D eigenvalue weighted by Gasteiger charge is 2.27. The lowest BCUT2D eigenvalue weighted by atomic mass is 9.90. The monoisotopic (exact) mass is 493 g/mol. The van der Waals surface area contributed by atoms with E-state index in [9.17, 15) is 19.1 Å². The SMILES string of the molecule is O=C(NC1CCC(NC(=O)c2c(O)cccc2F)CC1)c1cccnc1Oc1ccc2c(c1)OCO2. The molecule has 9 nitrogen and oxygen atoms in total. The molecule has 2 aliphatic rings. The predicted molar refractivity (Wildman–Crippen MR) is 126 cm³/mol. The van der Waals surface area contributed by atoms with E-state index in [0.717, 1.165) is 6.07 Å². The van der Waals surface area contributed by atoms with Crippen molar-refractivity contribution < 1.29 is 33.3 Å². The van der Waals surface area contributed by atoms with E-state index in [0.29, 0.717) is 48.5 Å². The van der Waals surface area contributed by atoms with Crippen LogP contribution in [-0.4, -0.2) is 40.8 Å². The van der Waals surface area contributed by atoms with Crippen LogP contribution in [0.1, 0.15) is 46.4 Å². The Hall–Kier alpha value is -4.34. The molecule has 3 aromatic rings. The van der Waals surface area contributed by atoms with Gasteiger partial charge >= 0.3 is 0 Å². The molecule has 1 saturated carbocycles. The van der Waals surface area contributed by atoms with E-state index in [-0.39, 0.29) is 36.2 Å². The summed E-state index contributed by atoms with van der Waals surface area (Å²) in [6.45, 7) is 0.146. The summed E-state index contributed by atoms with van der Waals surface area (Å²) in [5, 5.41) is 15.6. The number of hydrogen-bond acceptors (Lipinski definition) is 7. The van der Waals surface area contributed by atoms with Crippen LogP contribution in [0.25, 0.3) is 0 Å². The van der Waals surface area contributed by atoms with Gasteiger partial charge in [-0.25, -0.2) is 9.37 Å². The number of benzene rings is 2. The number of fused-ring (bicyclic) bond motifs is 1. The highest BCUT2D eigenvalue weighted by molar-refractivity contribution is 5.97. The maximum Gasteiger partial charge on any atom is 0.258 e. The number of nitrogens with one attached hydrogen (secondary N) is 2. The van der Waals surface area contributed by atoms with Crippen molar-refractivity contribution in [3.63, 3.8) is 0 Å². The smallest absolute Gasteiger partial charge is 0.258 e. The molecule has 186 valence electrons. The van der Waals surface area contributed by atoms with Crippen LogP contribution in [0.3, 0.4) is 0 Å². The van der Waals surface area contributed by atoms with Crippen LogP contribution in [0.2, 0.25) is 0 Å². The first-order valence-electron chi connectivity index (χ1n) is 11.6. The average molecular weight is 493 g/mol. The molecule has 1 aliphatic carbocycles. The fourth-order valence-corrected chi connectivity index (χ4v) is 4.34. The highest BCUT2D eigenvalue weighted by atomic mass is 19.1. The fourth-order valence-electron chi connectivity index (χ4n) is 4.34. The van der Waals surface area contributed by atoms with Gasteiger partial charge in [0.2, 0.25) is 12.7 Å². The number of nitrogens with zero attached hydrogens (tertiary/aromatic N) is 1.